The molecule has 0 aliphatic carbocycles. The molecule has 2 aliphatic heterocycles. The van der Waals surface area contributed by atoms with Crippen molar-refractivity contribution in [1.82, 2.24) is 19.4 Å². The standard InChI is InChI=1S/C32H31F3N4O2/c1-37-28-9-7-23(15-24(28)8-10-29(37)40)19-38-14-12-31(21-38,17-22-5-3-2-4-6-22)30(41)39-13-11-27-25(20-39)16-26(18-36-27)32(33,34)35/h2-10,15-16,18H,11-14,17,19-21H2,1H3. The molecular formula is C32H31F3N4O2. The first-order chi connectivity index (χ1) is 19.6. The van der Waals surface area contributed by atoms with E-state index in [0.717, 1.165) is 40.8 Å². The Labute approximate surface area is 236 Å². The van der Waals surface area contributed by atoms with Crippen LogP contribution in [0.3, 0.4) is 0 Å². The molecule has 2 aromatic heterocycles. The Morgan fingerprint density at radius 1 is 1.00 bits per heavy atom. The second kappa shape index (κ2) is 10.4. The minimum atomic E-state index is -4.48. The van der Waals surface area contributed by atoms with E-state index in [4.69, 9.17) is 0 Å². The molecule has 1 atom stereocenters. The Hall–Kier alpha value is -3.98. The average molecular weight is 561 g/mol. The van der Waals surface area contributed by atoms with Gasteiger partial charge < -0.3 is 9.47 Å². The van der Waals surface area contributed by atoms with Crippen LogP contribution in [0.25, 0.3) is 10.9 Å². The molecule has 212 valence electrons. The predicted molar refractivity (Wildman–Crippen MR) is 150 cm³/mol. The van der Waals surface area contributed by atoms with Gasteiger partial charge in [0.15, 0.2) is 0 Å². The van der Waals surface area contributed by atoms with Crippen LogP contribution in [0, 0.1) is 5.41 Å². The molecule has 41 heavy (non-hydrogen) atoms. The molecule has 0 spiro atoms. The van der Waals surface area contributed by atoms with Gasteiger partial charge in [-0.25, -0.2) is 0 Å². The van der Waals surface area contributed by atoms with E-state index in [0.29, 0.717) is 50.2 Å². The third-order valence-electron chi connectivity index (χ3n) is 8.52. The Balaban J connectivity index is 1.26. The summed E-state index contributed by atoms with van der Waals surface area (Å²) in [4.78, 5) is 34.4. The highest BCUT2D eigenvalue weighted by atomic mass is 19.4. The number of aryl methyl sites for hydroxylation is 1. The van der Waals surface area contributed by atoms with Gasteiger partial charge in [0, 0.05) is 57.6 Å². The lowest BCUT2D eigenvalue weighted by Crippen LogP contribution is -2.48. The van der Waals surface area contributed by atoms with E-state index in [9.17, 15) is 22.8 Å². The number of hydrogen-bond donors (Lipinski definition) is 0. The highest BCUT2D eigenvalue weighted by molar-refractivity contribution is 5.84. The highest BCUT2D eigenvalue weighted by Crippen LogP contribution is 2.39. The average Bonchev–Trinajstić information content (AvgIpc) is 3.37. The lowest BCUT2D eigenvalue weighted by atomic mass is 9.79. The van der Waals surface area contributed by atoms with Gasteiger partial charge in [-0.05, 0) is 65.7 Å². The number of fused-ring (bicyclic) bond motifs is 2. The first-order valence-corrected chi connectivity index (χ1v) is 13.8. The zero-order chi connectivity index (χ0) is 28.8. The van der Waals surface area contributed by atoms with E-state index in [1.807, 2.05) is 48.5 Å². The molecule has 0 radical (unpaired) electrons. The number of halogens is 3. The van der Waals surface area contributed by atoms with Crippen molar-refractivity contribution < 1.29 is 18.0 Å². The Bertz CT molecular complexity index is 1670. The number of nitrogens with zero attached hydrogens (tertiary/aromatic N) is 4. The Morgan fingerprint density at radius 2 is 1.80 bits per heavy atom. The molecule has 1 fully saturated rings. The molecular weight excluding hydrogens is 529 g/mol. The Morgan fingerprint density at radius 3 is 2.59 bits per heavy atom. The van der Waals surface area contributed by atoms with Crippen LogP contribution in [0.4, 0.5) is 13.2 Å². The van der Waals surface area contributed by atoms with Crippen molar-refractivity contribution in [3.05, 3.63) is 111 Å². The van der Waals surface area contributed by atoms with Crippen molar-refractivity contribution >= 4 is 16.8 Å². The van der Waals surface area contributed by atoms with Gasteiger partial charge in [-0.1, -0.05) is 36.4 Å². The lowest BCUT2D eigenvalue weighted by Gasteiger charge is -2.37. The summed E-state index contributed by atoms with van der Waals surface area (Å²) in [5.41, 5.74) is 2.59. The molecule has 1 unspecified atom stereocenters. The maximum atomic E-state index is 14.3. The fraction of sp³-hybridized carbons (Fsp3) is 0.344. The highest BCUT2D eigenvalue weighted by Gasteiger charge is 2.47. The molecule has 1 saturated heterocycles. The van der Waals surface area contributed by atoms with Gasteiger partial charge in [0.25, 0.3) is 5.56 Å². The molecule has 0 saturated carbocycles. The van der Waals surface area contributed by atoms with Crippen LogP contribution in [0.5, 0.6) is 0 Å². The van der Waals surface area contributed by atoms with E-state index in [-0.39, 0.29) is 18.0 Å². The Kier molecular flexibility index (Phi) is 6.93. The molecule has 6 rings (SSSR count). The van der Waals surface area contributed by atoms with Gasteiger partial charge in [-0.15, -0.1) is 0 Å². The fourth-order valence-corrected chi connectivity index (χ4v) is 6.36. The molecule has 1 amide bonds. The topological polar surface area (TPSA) is 58.4 Å². The van der Waals surface area contributed by atoms with Crippen molar-refractivity contribution in [3.63, 3.8) is 0 Å². The third kappa shape index (κ3) is 5.38. The van der Waals surface area contributed by atoms with Crippen molar-refractivity contribution in [1.29, 1.82) is 0 Å². The first kappa shape index (κ1) is 27.2. The number of carbonyl (C=O) groups is 1. The number of pyridine rings is 2. The van der Waals surface area contributed by atoms with E-state index >= 15 is 0 Å². The predicted octanol–water partition coefficient (Wildman–Crippen LogP) is 4.97. The summed E-state index contributed by atoms with van der Waals surface area (Å²) in [5.74, 6) is -0.0135. The number of carbonyl (C=O) groups excluding carboxylic acids is 1. The second-order valence-corrected chi connectivity index (χ2v) is 11.3. The van der Waals surface area contributed by atoms with Crippen LogP contribution in [0.1, 0.15) is 34.4 Å². The summed E-state index contributed by atoms with van der Waals surface area (Å²) in [6, 6.07) is 20.5. The van der Waals surface area contributed by atoms with Gasteiger partial charge in [0.2, 0.25) is 5.91 Å². The monoisotopic (exact) mass is 560 g/mol. The number of alkyl halides is 3. The van der Waals surface area contributed by atoms with E-state index in [1.165, 1.54) is 0 Å². The summed E-state index contributed by atoms with van der Waals surface area (Å²) in [7, 11) is 1.76. The van der Waals surface area contributed by atoms with Crippen LogP contribution in [-0.4, -0.2) is 44.9 Å². The molecule has 0 N–H and O–H groups in total. The lowest BCUT2D eigenvalue weighted by molar-refractivity contribution is -0.142. The zero-order valence-corrected chi connectivity index (χ0v) is 22.8. The normalized spacial score (nSPS) is 19.5. The fourth-order valence-electron chi connectivity index (χ4n) is 6.36. The minimum Gasteiger partial charge on any atom is -0.337 e. The number of benzene rings is 2. The van der Waals surface area contributed by atoms with Crippen LogP contribution < -0.4 is 5.56 Å². The van der Waals surface area contributed by atoms with Gasteiger partial charge in [0.1, 0.15) is 0 Å². The van der Waals surface area contributed by atoms with Gasteiger partial charge in [-0.3, -0.25) is 19.5 Å². The van der Waals surface area contributed by atoms with E-state index in [2.05, 4.69) is 16.0 Å². The second-order valence-electron chi connectivity index (χ2n) is 11.3. The van der Waals surface area contributed by atoms with Crippen molar-refractivity contribution in [3.8, 4) is 0 Å². The number of rotatable bonds is 5. The summed E-state index contributed by atoms with van der Waals surface area (Å²) in [6.45, 7) is 2.50. The van der Waals surface area contributed by atoms with E-state index < -0.39 is 17.2 Å². The van der Waals surface area contributed by atoms with Crippen LogP contribution >= 0.6 is 0 Å². The smallest absolute Gasteiger partial charge is 0.337 e. The zero-order valence-electron chi connectivity index (χ0n) is 22.8. The third-order valence-corrected chi connectivity index (χ3v) is 8.52. The summed E-state index contributed by atoms with van der Waals surface area (Å²) >= 11 is 0. The minimum absolute atomic E-state index is 0.0135. The number of aromatic nitrogens is 2. The molecule has 6 nitrogen and oxygen atoms in total. The summed E-state index contributed by atoms with van der Waals surface area (Å²) < 4.78 is 41.7. The molecule has 9 heteroatoms. The maximum absolute atomic E-state index is 14.3. The number of hydrogen-bond acceptors (Lipinski definition) is 4. The van der Waals surface area contributed by atoms with Gasteiger partial charge in [0.05, 0.1) is 16.5 Å². The number of amides is 1. The molecule has 2 aromatic carbocycles. The summed E-state index contributed by atoms with van der Waals surface area (Å²) in [5, 5.41) is 0.981. The van der Waals surface area contributed by atoms with E-state index in [1.54, 1.807) is 22.6 Å². The molecule has 4 heterocycles. The quantitative estimate of drug-likeness (QED) is 0.346. The van der Waals surface area contributed by atoms with Gasteiger partial charge in [-0.2, -0.15) is 13.2 Å². The van der Waals surface area contributed by atoms with Crippen molar-refractivity contribution in [2.45, 2.75) is 38.5 Å². The first-order valence-electron chi connectivity index (χ1n) is 13.8. The molecule has 0 bridgehead atoms. The largest absolute Gasteiger partial charge is 0.417 e. The van der Waals surface area contributed by atoms with Crippen LogP contribution in [-0.2, 0) is 43.9 Å². The molecule has 4 aromatic rings. The van der Waals surface area contributed by atoms with Crippen molar-refractivity contribution in [2.24, 2.45) is 12.5 Å². The van der Waals surface area contributed by atoms with Crippen molar-refractivity contribution in [2.75, 3.05) is 19.6 Å². The maximum Gasteiger partial charge on any atom is 0.417 e. The SMILES string of the molecule is Cn1c(=O)ccc2cc(CN3CCC(Cc4ccccc4)(C(=O)N4CCc5ncc(C(F)(F)F)cc5C4)C3)ccc21. The number of likely N-dealkylation sites (tertiary alicyclic amines) is 1. The molecule has 2 aliphatic rings. The summed E-state index contributed by atoms with van der Waals surface area (Å²) in [6.07, 6.45) is -1.94. The van der Waals surface area contributed by atoms with Crippen LogP contribution in [0.2, 0.25) is 0 Å². The van der Waals surface area contributed by atoms with Gasteiger partial charge >= 0.3 is 6.18 Å². The van der Waals surface area contributed by atoms with Crippen LogP contribution in [0.15, 0.2) is 77.7 Å².